The quantitative estimate of drug-likeness (QED) is 0.879. The molecular weight excluding hydrogens is 264 g/mol. The number of anilines is 1. The number of hydrogen-bond donors (Lipinski definition) is 1. The predicted octanol–water partition coefficient (Wildman–Crippen LogP) is 2.96. The highest BCUT2D eigenvalue weighted by Crippen LogP contribution is 2.23. The summed E-state index contributed by atoms with van der Waals surface area (Å²) in [5.41, 5.74) is 8.54. The van der Waals surface area contributed by atoms with Crippen LogP contribution in [0.2, 0.25) is 0 Å². The zero-order chi connectivity index (χ0) is 13.3. The van der Waals surface area contributed by atoms with Crippen LogP contribution in [-0.4, -0.2) is 9.19 Å². The van der Waals surface area contributed by atoms with Crippen molar-refractivity contribution in [2.24, 2.45) is 0 Å². The normalized spacial score (nSPS) is 12.6. The van der Waals surface area contributed by atoms with Crippen LogP contribution >= 0.6 is 11.3 Å². The van der Waals surface area contributed by atoms with Crippen molar-refractivity contribution in [1.29, 1.82) is 0 Å². The number of hydrogen-bond acceptors (Lipinski definition) is 4. The molecule has 0 aliphatic heterocycles. The van der Waals surface area contributed by atoms with Crippen molar-refractivity contribution in [3.8, 4) is 0 Å². The molecule has 0 radical (unpaired) electrons. The van der Waals surface area contributed by atoms with E-state index in [0.717, 1.165) is 16.3 Å². The molecular formula is C13H16N2OS2. The molecule has 18 heavy (non-hydrogen) atoms. The monoisotopic (exact) mass is 280 g/mol. The highest BCUT2D eigenvalue weighted by Gasteiger charge is 2.12. The first-order valence-corrected chi connectivity index (χ1v) is 7.78. The summed E-state index contributed by atoms with van der Waals surface area (Å²) in [7, 11) is -1.13. The van der Waals surface area contributed by atoms with Crippen LogP contribution in [0.25, 0.3) is 0 Å². The van der Waals surface area contributed by atoms with E-state index in [1.54, 1.807) is 17.4 Å². The Morgan fingerprint density at radius 2 is 2.06 bits per heavy atom. The Bertz CT molecular complexity index is 586. The summed E-state index contributed by atoms with van der Waals surface area (Å²) in [6, 6.07) is 5.62. The van der Waals surface area contributed by atoms with Crippen LogP contribution in [0.1, 0.15) is 21.1 Å². The zero-order valence-corrected chi connectivity index (χ0v) is 12.3. The van der Waals surface area contributed by atoms with E-state index in [9.17, 15) is 4.21 Å². The van der Waals surface area contributed by atoms with Gasteiger partial charge in [-0.3, -0.25) is 4.21 Å². The molecule has 1 aromatic carbocycles. The Hall–Kier alpha value is -1.20. The summed E-state index contributed by atoms with van der Waals surface area (Å²) >= 11 is 1.60. The largest absolute Gasteiger partial charge is 0.398 e. The molecule has 1 atom stereocenters. The van der Waals surface area contributed by atoms with Crippen LogP contribution < -0.4 is 5.73 Å². The average molecular weight is 280 g/mol. The molecule has 1 aromatic heterocycles. The zero-order valence-electron chi connectivity index (χ0n) is 10.7. The first-order chi connectivity index (χ1) is 8.47. The smallest absolute Gasteiger partial charge is 0.106 e. The van der Waals surface area contributed by atoms with Gasteiger partial charge in [0.1, 0.15) is 5.01 Å². The molecule has 0 amide bonds. The Morgan fingerprint density at radius 1 is 1.33 bits per heavy atom. The minimum Gasteiger partial charge on any atom is -0.398 e. The standard InChI is InChI=1S/C13H16N2OS2/c1-8-4-5-11(14)12(6-8)18(16)7-13-15-9(2)10(3)17-13/h4-6H,7,14H2,1-3H3. The number of nitrogens with zero attached hydrogens (tertiary/aromatic N) is 1. The van der Waals surface area contributed by atoms with E-state index in [1.165, 1.54) is 4.88 Å². The molecule has 2 N–H and O–H groups in total. The van der Waals surface area contributed by atoms with Crippen LogP contribution in [0, 0.1) is 20.8 Å². The molecule has 0 spiro atoms. The van der Waals surface area contributed by atoms with E-state index in [-0.39, 0.29) is 0 Å². The summed E-state index contributed by atoms with van der Waals surface area (Å²) in [6.07, 6.45) is 0. The van der Waals surface area contributed by atoms with Gasteiger partial charge < -0.3 is 5.73 Å². The lowest BCUT2D eigenvalue weighted by atomic mass is 10.2. The molecule has 0 fully saturated rings. The van der Waals surface area contributed by atoms with Gasteiger partial charge in [-0.1, -0.05) is 6.07 Å². The second-order valence-electron chi connectivity index (χ2n) is 4.28. The van der Waals surface area contributed by atoms with E-state index < -0.39 is 10.8 Å². The SMILES string of the molecule is Cc1ccc(N)c(S(=O)Cc2nc(C)c(C)s2)c1. The third kappa shape index (κ3) is 2.79. The topological polar surface area (TPSA) is 56.0 Å². The molecule has 2 rings (SSSR count). The van der Waals surface area contributed by atoms with Gasteiger partial charge >= 0.3 is 0 Å². The molecule has 0 saturated carbocycles. The van der Waals surface area contributed by atoms with Crippen LogP contribution in [0.4, 0.5) is 5.69 Å². The van der Waals surface area contributed by atoms with Gasteiger partial charge in [-0.25, -0.2) is 4.98 Å². The first kappa shape index (κ1) is 13.2. The summed E-state index contributed by atoms with van der Waals surface area (Å²) in [5, 5.41) is 0.907. The van der Waals surface area contributed by atoms with Crippen molar-refractivity contribution in [3.05, 3.63) is 39.3 Å². The molecule has 2 aromatic rings. The van der Waals surface area contributed by atoms with Crippen molar-refractivity contribution in [1.82, 2.24) is 4.98 Å². The Balaban J connectivity index is 2.24. The van der Waals surface area contributed by atoms with Crippen LogP contribution in [-0.2, 0) is 16.6 Å². The molecule has 0 aliphatic rings. The lowest BCUT2D eigenvalue weighted by Gasteiger charge is -2.05. The Kier molecular flexibility index (Phi) is 3.82. The van der Waals surface area contributed by atoms with Gasteiger partial charge in [0.05, 0.1) is 27.1 Å². The second kappa shape index (κ2) is 5.20. The number of nitrogen functional groups attached to an aromatic ring is 1. The van der Waals surface area contributed by atoms with E-state index >= 15 is 0 Å². The van der Waals surface area contributed by atoms with Crippen LogP contribution in [0.3, 0.4) is 0 Å². The van der Waals surface area contributed by atoms with E-state index in [0.29, 0.717) is 16.3 Å². The number of thiazole rings is 1. The molecule has 3 nitrogen and oxygen atoms in total. The van der Waals surface area contributed by atoms with Gasteiger partial charge in [0, 0.05) is 10.6 Å². The Labute approximate surface area is 114 Å². The number of aryl methyl sites for hydroxylation is 3. The maximum absolute atomic E-state index is 12.3. The van der Waals surface area contributed by atoms with Gasteiger partial charge in [-0.05, 0) is 38.5 Å². The number of rotatable bonds is 3. The summed E-state index contributed by atoms with van der Waals surface area (Å²) in [6.45, 7) is 5.97. The maximum atomic E-state index is 12.3. The average Bonchev–Trinajstić information content (AvgIpc) is 2.61. The third-order valence-corrected chi connectivity index (χ3v) is 5.38. The molecule has 5 heteroatoms. The summed E-state index contributed by atoms with van der Waals surface area (Å²) in [5.74, 6) is 0.438. The fourth-order valence-corrected chi connectivity index (χ4v) is 4.01. The van der Waals surface area contributed by atoms with Gasteiger partial charge in [0.25, 0.3) is 0 Å². The van der Waals surface area contributed by atoms with E-state index in [1.807, 2.05) is 32.9 Å². The summed E-state index contributed by atoms with van der Waals surface area (Å²) < 4.78 is 12.3. The third-order valence-electron chi connectivity index (χ3n) is 2.74. The molecule has 1 unspecified atom stereocenters. The lowest BCUT2D eigenvalue weighted by Crippen LogP contribution is -2.01. The van der Waals surface area contributed by atoms with Crippen molar-refractivity contribution in [3.63, 3.8) is 0 Å². The first-order valence-electron chi connectivity index (χ1n) is 5.65. The van der Waals surface area contributed by atoms with Crippen molar-refractivity contribution in [2.75, 3.05) is 5.73 Å². The Morgan fingerprint density at radius 3 is 2.67 bits per heavy atom. The molecule has 96 valence electrons. The van der Waals surface area contributed by atoms with Crippen LogP contribution in [0.5, 0.6) is 0 Å². The summed E-state index contributed by atoms with van der Waals surface area (Å²) in [4.78, 5) is 6.30. The van der Waals surface area contributed by atoms with Crippen molar-refractivity contribution >= 4 is 27.8 Å². The van der Waals surface area contributed by atoms with E-state index in [4.69, 9.17) is 5.73 Å². The van der Waals surface area contributed by atoms with Crippen molar-refractivity contribution in [2.45, 2.75) is 31.4 Å². The van der Waals surface area contributed by atoms with E-state index in [2.05, 4.69) is 4.98 Å². The molecule has 1 heterocycles. The van der Waals surface area contributed by atoms with Crippen LogP contribution in [0.15, 0.2) is 23.1 Å². The minimum atomic E-state index is -1.13. The van der Waals surface area contributed by atoms with Gasteiger partial charge in [-0.2, -0.15) is 0 Å². The number of benzene rings is 1. The maximum Gasteiger partial charge on any atom is 0.106 e. The van der Waals surface area contributed by atoms with Gasteiger partial charge in [-0.15, -0.1) is 11.3 Å². The van der Waals surface area contributed by atoms with Gasteiger partial charge in [0.2, 0.25) is 0 Å². The molecule has 0 aliphatic carbocycles. The highest BCUT2D eigenvalue weighted by molar-refractivity contribution is 7.84. The fraction of sp³-hybridized carbons (Fsp3) is 0.308. The number of aromatic nitrogens is 1. The minimum absolute atomic E-state index is 0.438. The second-order valence-corrected chi connectivity index (χ2v) is 6.99. The van der Waals surface area contributed by atoms with Gasteiger partial charge in [0.15, 0.2) is 0 Å². The fourth-order valence-electron chi connectivity index (χ4n) is 1.63. The predicted molar refractivity (Wildman–Crippen MR) is 77.3 cm³/mol. The lowest BCUT2D eigenvalue weighted by molar-refractivity contribution is 0.682. The number of nitrogens with two attached hydrogens (primary N) is 1. The molecule has 0 bridgehead atoms. The molecule has 0 saturated heterocycles. The van der Waals surface area contributed by atoms with Crippen molar-refractivity contribution < 1.29 is 4.21 Å². The highest BCUT2D eigenvalue weighted by atomic mass is 32.2.